The topological polar surface area (TPSA) is 27.1 Å². The van der Waals surface area contributed by atoms with Crippen molar-refractivity contribution in [3.05, 3.63) is 18.2 Å². The zero-order chi connectivity index (χ0) is 11.6. The average molecular weight is 224 g/mol. The lowest BCUT2D eigenvalue weighted by Crippen LogP contribution is -2.02. The van der Waals surface area contributed by atoms with Gasteiger partial charge in [-0.2, -0.15) is 0 Å². The number of aromatic nitrogens is 2. The van der Waals surface area contributed by atoms with E-state index in [1.165, 1.54) is 38.5 Å². The van der Waals surface area contributed by atoms with E-state index < -0.39 is 0 Å². The monoisotopic (exact) mass is 224 g/mol. The molecule has 0 bridgehead atoms. The molecule has 1 aromatic rings. The summed E-state index contributed by atoms with van der Waals surface area (Å²) in [4.78, 5) is 4.21. The summed E-state index contributed by atoms with van der Waals surface area (Å²) < 4.78 is 7.58. The Balaban J connectivity index is 1.91. The van der Waals surface area contributed by atoms with E-state index in [4.69, 9.17) is 4.74 Å². The molecule has 16 heavy (non-hydrogen) atoms. The third-order valence-electron chi connectivity index (χ3n) is 2.79. The molecule has 0 amide bonds. The molecule has 1 heterocycles. The van der Waals surface area contributed by atoms with Crippen molar-refractivity contribution in [2.75, 3.05) is 6.61 Å². The molecule has 0 spiro atoms. The summed E-state index contributed by atoms with van der Waals surface area (Å²) in [5, 5.41) is 0. The highest BCUT2D eigenvalue weighted by Crippen LogP contribution is 2.05. The van der Waals surface area contributed by atoms with Crippen LogP contribution in [0.25, 0.3) is 0 Å². The fourth-order valence-electron chi connectivity index (χ4n) is 1.68. The molecule has 92 valence electrons. The van der Waals surface area contributed by atoms with Crippen LogP contribution in [0.3, 0.4) is 0 Å². The molecule has 0 unspecified atom stereocenters. The lowest BCUT2D eigenvalue weighted by molar-refractivity contribution is 0.110. The number of imidazole rings is 1. The van der Waals surface area contributed by atoms with E-state index in [9.17, 15) is 0 Å². The van der Waals surface area contributed by atoms with E-state index in [-0.39, 0.29) is 0 Å². The van der Waals surface area contributed by atoms with E-state index in [0.717, 1.165) is 12.4 Å². The molecule has 0 radical (unpaired) electrons. The smallest absolute Gasteiger partial charge is 0.134 e. The van der Waals surface area contributed by atoms with Gasteiger partial charge in [-0.05, 0) is 6.42 Å². The van der Waals surface area contributed by atoms with Crippen molar-refractivity contribution in [2.24, 2.45) is 7.05 Å². The van der Waals surface area contributed by atoms with Crippen molar-refractivity contribution < 1.29 is 4.74 Å². The van der Waals surface area contributed by atoms with E-state index in [0.29, 0.717) is 6.61 Å². The van der Waals surface area contributed by atoms with Crippen LogP contribution in [0.5, 0.6) is 0 Å². The van der Waals surface area contributed by atoms with Crippen LogP contribution in [-0.2, 0) is 18.4 Å². The Labute approximate surface area is 98.8 Å². The maximum Gasteiger partial charge on any atom is 0.134 e. The molecule has 0 aliphatic carbocycles. The summed E-state index contributed by atoms with van der Waals surface area (Å²) in [7, 11) is 2.00. The third kappa shape index (κ3) is 5.31. The van der Waals surface area contributed by atoms with Gasteiger partial charge in [0, 0.05) is 26.0 Å². The number of hydrogen-bond acceptors (Lipinski definition) is 2. The first kappa shape index (κ1) is 13.2. The minimum atomic E-state index is 0.637. The molecule has 0 atom stereocenters. The summed E-state index contributed by atoms with van der Waals surface area (Å²) in [6.45, 7) is 3.74. The first-order chi connectivity index (χ1) is 7.84. The predicted molar refractivity (Wildman–Crippen MR) is 66.2 cm³/mol. The molecule has 0 aliphatic heterocycles. The van der Waals surface area contributed by atoms with E-state index in [1.54, 1.807) is 0 Å². The molecule has 0 aliphatic rings. The predicted octanol–water partition coefficient (Wildman–Crippen LogP) is 3.30. The molecule has 0 aromatic carbocycles. The fourth-order valence-corrected chi connectivity index (χ4v) is 1.68. The number of rotatable bonds is 9. The SMILES string of the molecule is CCCCCCCCOCc1nccn1C. The first-order valence-electron chi connectivity index (χ1n) is 6.38. The highest BCUT2D eigenvalue weighted by Gasteiger charge is 1.98. The lowest BCUT2D eigenvalue weighted by atomic mass is 10.1. The van der Waals surface area contributed by atoms with Crippen LogP contribution >= 0.6 is 0 Å². The maximum atomic E-state index is 5.58. The molecular weight excluding hydrogens is 200 g/mol. The summed E-state index contributed by atoms with van der Waals surface area (Å²) in [6, 6.07) is 0. The number of nitrogens with zero attached hydrogens (tertiary/aromatic N) is 2. The standard InChI is InChI=1S/C13H24N2O/c1-3-4-5-6-7-8-11-16-12-13-14-9-10-15(13)2/h9-10H,3-8,11-12H2,1-2H3. The van der Waals surface area contributed by atoms with Crippen molar-refractivity contribution in [1.82, 2.24) is 9.55 Å². The number of aryl methyl sites for hydroxylation is 1. The molecule has 3 heteroatoms. The van der Waals surface area contributed by atoms with Crippen molar-refractivity contribution in [2.45, 2.75) is 52.1 Å². The van der Waals surface area contributed by atoms with Crippen LogP contribution in [-0.4, -0.2) is 16.2 Å². The minimum absolute atomic E-state index is 0.637. The normalized spacial score (nSPS) is 10.9. The second kappa shape index (κ2) is 8.34. The van der Waals surface area contributed by atoms with Crippen molar-refractivity contribution >= 4 is 0 Å². The van der Waals surface area contributed by atoms with Crippen molar-refractivity contribution in [3.8, 4) is 0 Å². The zero-order valence-corrected chi connectivity index (χ0v) is 10.6. The zero-order valence-electron chi connectivity index (χ0n) is 10.6. The van der Waals surface area contributed by atoms with Gasteiger partial charge in [-0.1, -0.05) is 39.0 Å². The second-order valence-electron chi connectivity index (χ2n) is 4.27. The third-order valence-corrected chi connectivity index (χ3v) is 2.79. The lowest BCUT2D eigenvalue weighted by Gasteiger charge is -2.04. The molecule has 0 fully saturated rings. The Kier molecular flexibility index (Phi) is 6.90. The summed E-state index contributed by atoms with van der Waals surface area (Å²) in [6.07, 6.45) is 11.6. The van der Waals surface area contributed by atoms with Gasteiger partial charge in [-0.25, -0.2) is 4.98 Å². The van der Waals surface area contributed by atoms with Gasteiger partial charge in [0.15, 0.2) is 0 Å². The van der Waals surface area contributed by atoms with Gasteiger partial charge in [0.2, 0.25) is 0 Å². The average Bonchev–Trinajstić information content (AvgIpc) is 2.68. The Morgan fingerprint density at radius 1 is 1.19 bits per heavy atom. The van der Waals surface area contributed by atoms with Gasteiger partial charge in [-0.3, -0.25) is 0 Å². The summed E-state index contributed by atoms with van der Waals surface area (Å²) in [5.74, 6) is 1.01. The first-order valence-corrected chi connectivity index (χ1v) is 6.38. The molecule has 3 nitrogen and oxygen atoms in total. The van der Waals surface area contributed by atoms with E-state index >= 15 is 0 Å². The van der Waals surface area contributed by atoms with Crippen LogP contribution in [0, 0.1) is 0 Å². The van der Waals surface area contributed by atoms with Gasteiger partial charge in [0.1, 0.15) is 12.4 Å². The van der Waals surface area contributed by atoms with Crippen LogP contribution in [0.4, 0.5) is 0 Å². The van der Waals surface area contributed by atoms with Gasteiger partial charge < -0.3 is 9.30 Å². The van der Waals surface area contributed by atoms with Gasteiger partial charge in [0.25, 0.3) is 0 Å². The second-order valence-corrected chi connectivity index (χ2v) is 4.27. The van der Waals surface area contributed by atoms with Gasteiger partial charge in [0.05, 0.1) is 0 Å². The molecule has 0 saturated heterocycles. The van der Waals surface area contributed by atoms with E-state index in [1.807, 2.05) is 24.0 Å². The molecular formula is C13H24N2O. The quantitative estimate of drug-likeness (QED) is 0.602. The Morgan fingerprint density at radius 3 is 2.62 bits per heavy atom. The molecule has 0 saturated carbocycles. The van der Waals surface area contributed by atoms with Crippen LogP contribution in [0.15, 0.2) is 12.4 Å². The van der Waals surface area contributed by atoms with E-state index in [2.05, 4.69) is 11.9 Å². The minimum Gasteiger partial charge on any atom is -0.374 e. The highest BCUT2D eigenvalue weighted by atomic mass is 16.5. The number of hydrogen-bond donors (Lipinski definition) is 0. The number of unbranched alkanes of at least 4 members (excludes halogenated alkanes) is 5. The fraction of sp³-hybridized carbons (Fsp3) is 0.769. The van der Waals surface area contributed by atoms with Gasteiger partial charge in [-0.15, -0.1) is 0 Å². The molecule has 1 rings (SSSR count). The van der Waals surface area contributed by atoms with Crippen LogP contribution in [0.2, 0.25) is 0 Å². The number of ether oxygens (including phenoxy) is 1. The van der Waals surface area contributed by atoms with Crippen LogP contribution in [0.1, 0.15) is 51.3 Å². The largest absolute Gasteiger partial charge is 0.374 e. The van der Waals surface area contributed by atoms with Crippen molar-refractivity contribution in [3.63, 3.8) is 0 Å². The van der Waals surface area contributed by atoms with Gasteiger partial charge >= 0.3 is 0 Å². The molecule has 0 N–H and O–H groups in total. The summed E-state index contributed by atoms with van der Waals surface area (Å²) >= 11 is 0. The maximum absolute atomic E-state index is 5.58. The summed E-state index contributed by atoms with van der Waals surface area (Å²) in [5.41, 5.74) is 0. The Hall–Kier alpha value is -0.830. The van der Waals surface area contributed by atoms with Crippen molar-refractivity contribution in [1.29, 1.82) is 0 Å². The molecule has 1 aromatic heterocycles. The Bertz CT molecular complexity index is 271. The van der Waals surface area contributed by atoms with Crippen LogP contribution < -0.4 is 0 Å². The Morgan fingerprint density at radius 2 is 1.94 bits per heavy atom. The highest BCUT2D eigenvalue weighted by molar-refractivity contribution is 4.88.